The summed E-state index contributed by atoms with van der Waals surface area (Å²) in [5.41, 5.74) is 3.36. The SMILES string of the molecule is Cc1ccc(C)c(NC(=O)c2ccnc(C(=O)N3CCN(C=O)CC3)c2)c1. The molecule has 1 saturated heterocycles. The van der Waals surface area contributed by atoms with E-state index in [1.54, 1.807) is 15.9 Å². The molecule has 1 aromatic heterocycles. The molecular formula is C20H22N4O3. The highest BCUT2D eigenvalue weighted by atomic mass is 16.2. The van der Waals surface area contributed by atoms with Crippen LogP contribution in [-0.4, -0.2) is 59.2 Å². The highest BCUT2D eigenvalue weighted by molar-refractivity contribution is 6.06. The Morgan fingerprint density at radius 3 is 2.52 bits per heavy atom. The van der Waals surface area contributed by atoms with Crippen molar-refractivity contribution in [1.29, 1.82) is 0 Å². The molecular weight excluding hydrogens is 344 g/mol. The largest absolute Gasteiger partial charge is 0.342 e. The number of aryl methyl sites for hydroxylation is 2. The van der Waals surface area contributed by atoms with Gasteiger partial charge in [0.25, 0.3) is 11.8 Å². The number of nitrogens with one attached hydrogen (secondary N) is 1. The molecule has 0 saturated carbocycles. The molecule has 140 valence electrons. The number of carbonyl (C=O) groups is 3. The van der Waals surface area contributed by atoms with E-state index in [9.17, 15) is 14.4 Å². The molecule has 1 aliphatic heterocycles. The molecule has 0 bridgehead atoms. The summed E-state index contributed by atoms with van der Waals surface area (Å²) in [7, 11) is 0. The molecule has 27 heavy (non-hydrogen) atoms. The monoisotopic (exact) mass is 366 g/mol. The summed E-state index contributed by atoms with van der Waals surface area (Å²) < 4.78 is 0. The standard InChI is InChI=1S/C20H22N4O3/c1-14-3-4-15(2)17(11-14)22-19(26)16-5-6-21-18(12-16)20(27)24-9-7-23(13-25)8-10-24/h3-6,11-13H,7-10H2,1-2H3,(H,22,26). The minimum atomic E-state index is -0.286. The summed E-state index contributed by atoms with van der Waals surface area (Å²) in [6.07, 6.45) is 2.26. The Morgan fingerprint density at radius 1 is 1.07 bits per heavy atom. The second kappa shape index (κ2) is 7.99. The van der Waals surface area contributed by atoms with Gasteiger partial charge in [-0.25, -0.2) is 0 Å². The van der Waals surface area contributed by atoms with Gasteiger partial charge in [0.1, 0.15) is 5.69 Å². The maximum atomic E-state index is 12.7. The average Bonchev–Trinajstić information content (AvgIpc) is 2.70. The highest BCUT2D eigenvalue weighted by Crippen LogP contribution is 2.18. The van der Waals surface area contributed by atoms with Crippen LogP contribution in [0, 0.1) is 13.8 Å². The van der Waals surface area contributed by atoms with E-state index in [2.05, 4.69) is 10.3 Å². The van der Waals surface area contributed by atoms with Gasteiger partial charge in [-0.05, 0) is 43.2 Å². The van der Waals surface area contributed by atoms with Crippen LogP contribution in [0.3, 0.4) is 0 Å². The van der Waals surface area contributed by atoms with Crippen molar-refractivity contribution in [2.24, 2.45) is 0 Å². The number of pyridine rings is 1. The molecule has 0 spiro atoms. The van der Waals surface area contributed by atoms with Crippen LogP contribution in [0.15, 0.2) is 36.5 Å². The number of rotatable bonds is 4. The zero-order valence-electron chi connectivity index (χ0n) is 15.4. The van der Waals surface area contributed by atoms with Gasteiger partial charge in [0.15, 0.2) is 0 Å². The molecule has 1 aromatic carbocycles. The minimum absolute atomic E-state index is 0.225. The van der Waals surface area contributed by atoms with Crippen LogP contribution >= 0.6 is 0 Å². The summed E-state index contributed by atoms with van der Waals surface area (Å²) in [6.45, 7) is 5.80. The van der Waals surface area contributed by atoms with Crippen molar-refractivity contribution >= 4 is 23.9 Å². The first-order valence-electron chi connectivity index (χ1n) is 8.81. The topological polar surface area (TPSA) is 82.6 Å². The van der Waals surface area contributed by atoms with Crippen molar-refractivity contribution in [3.05, 3.63) is 58.9 Å². The number of nitrogens with zero attached hydrogens (tertiary/aromatic N) is 3. The van der Waals surface area contributed by atoms with E-state index >= 15 is 0 Å². The van der Waals surface area contributed by atoms with E-state index in [1.807, 2.05) is 32.0 Å². The Bertz CT molecular complexity index is 873. The molecule has 0 unspecified atom stereocenters. The summed E-state index contributed by atoms with van der Waals surface area (Å²) in [5, 5.41) is 2.89. The minimum Gasteiger partial charge on any atom is -0.342 e. The van der Waals surface area contributed by atoms with E-state index in [-0.39, 0.29) is 17.5 Å². The molecule has 1 aliphatic rings. The molecule has 2 aromatic rings. The first kappa shape index (κ1) is 18.6. The average molecular weight is 366 g/mol. The zero-order chi connectivity index (χ0) is 19.4. The summed E-state index contributed by atoms with van der Waals surface area (Å²) in [4.78, 5) is 43.4. The maximum absolute atomic E-state index is 12.7. The van der Waals surface area contributed by atoms with E-state index < -0.39 is 0 Å². The highest BCUT2D eigenvalue weighted by Gasteiger charge is 2.23. The smallest absolute Gasteiger partial charge is 0.272 e. The predicted octanol–water partition coefficient (Wildman–Crippen LogP) is 1.86. The zero-order valence-corrected chi connectivity index (χ0v) is 15.4. The van der Waals surface area contributed by atoms with Gasteiger partial charge >= 0.3 is 0 Å². The van der Waals surface area contributed by atoms with Crippen molar-refractivity contribution in [2.45, 2.75) is 13.8 Å². The number of aromatic nitrogens is 1. The quantitative estimate of drug-likeness (QED) is 0.838. The van der Waals surface area contributed by atoms with Gasteiger partial charge in [-0.2, -0.15) is 0 Å². The Balaban J connectivity index is 1.73. The number of carbonyl (C=O) groups excluding carboxylic acids is 3. The van der Waals surface area contributed by atoms with Crippen LogP contribution in [-0.2, 0) is 4.79 Å². The van der Waals surface area contributed by atoms with Gasteiger partial charge in [0, 0.05) is 43.6 Å². The lowest BCUT2D eigenvalue weighted by Gasteiger charge is -2.32. The van der Waals surface area contributed by atoms with Gasteiger partial charge in [-0.3, -0.25) is 19.4 Å². The molecule has 2 heterocycles. The molecule has 1 fully saturated rings. The lowest BCUT2D eigenvalue weighted by atomic mass is 10.1. The first-order valence-corrected chi connectivity index (χ1v) is 8.81. The van der Waals surface area contributed by atoms with Crippen LogP contribution < -0.4 is 5.32 Å². The van der Waals surface area contributed by atoms with Crippen LogP contribution in [0.4, 0.5) is 5.69 Å². The van der Waals surface area contributed by atoms with E-state index in [4.69, 9.17) is 0 Å². The predicted molar refractivity (Wildman–Crippen MR) is 102 cm³/mol. The van der Waals surface area contributed by atoms with Gasteiger partial charge in [0.05, 0.1) is 0 Å². The van der Waals surface area contributed by atoms with Crippen LogP contribution in [0.25, 0.3) is 0 Å². The van der Waals surface area contributed by atoms with E-state index in [0.29, 0.717) is 31.7 Å². The fourth-order valence-electron chi connectivity index (χ4n) is 2.95. The molecule has 7 nitrogen and oxygen atoms in total. The Morgan fingerprint density at radius 2 is 1.81 bits per heavy atom. The van der Waals surface area contributed by atoms with Gasteiger partial charge in [0.2, 0.25) is 6.41 Å². The number of anilines is 1. The molecule has 3 amide bonds. The number of hydrogen-bond donors (Lipinski definition) is 1. The number of amides is 3. The lowest BCUT2D eigenvalue weighted by molar-refractivity contribution is -0.119. The van der Waals surface area contributed by atoms with Crippen LogP contribution in [0.2, 0.25) is 0 Å². The first-order chi connectivity index (χ1) is 13.0. The number of benzene rings is 1. The second-order valence-electron chi connectivity index (χ2n) is 6.64. The number of hydrogen-bond acceptors (Lipinski definition) is 4. The maximum Gasteiger partial charge on any atom is 0.272 e. The van der Waals surface area contributed by atoms with Crippen molar-refractivity contribution in [3.8, 4) is 0 Å². The summed E-state index contributed by atoms with van der Waals surface area (Å²) in [5.74, 6) is -0.521. The van der Waals surface area contributed by atoms with Gasteiger partial charge < -0.3 is 15.1 Å². The fourth-order valence-corrected chi connectivity index (χ4v) is 2.95. The summed E-state index contributed by atoms with van der Waals surface area (Å²) in [6, 6.07) is 8.94. The van der Waals surface area contributed by atoms with E-state index in [1.165, 1.54) is 12.3 Å². The van der Waals surface area contributed by atoms with Gasteiger partial charge in [-0.1, -0.05) is 12.1 Å². The number of piperazine rings is 1. The third kappa shape index (κ3) is 4.31. The third-order valence-corrected chi connectivity index (χ3v) is 4.63. The fraction of sp³-hybridized carbons (Fsp3) is 0.300. The van der Waals surface area contributed by atoms with Crippen molar-refractivity contribution in [2.75, 3.05) is 31.5 Å². The van der Waals surface area contributed by atoms with Crippen LogP contribution in [0.5, 0.6) is 0 Å². The third-order valence-electron chi connectivity index (χ3n) is 4.63. The molecule has 0 atom stereocenters. The van der Waals surface area contributed by atoms with Crippen molar-refractivity contribution in [1.82, 2.24) is 14.8 Å². The molecule has 3 rings (SSSR count). The molecule has 1 N–H and O–H groups in total. The van der Waals surface area contributed by atoms with Crippen molar-refractivity contribution in [3.63, 3.8) is 0 Å². The Hall–Kier alpha value is -3.22. The Labute approximate surface area is 158 Å². The molecule has 0 radical (unpaired) electrons. The molecule has 7 heteroatoms. The second-order valence-corrected chi connectivity index (χ2v) is 6.64. The summed E-state index contributed by atoms with van der Waals surface area (Å²) >= 11 is 0. The molecule has 0 aliphatic carbocycles. The van der Waals surface area contributed by atoms with E-state index in [0.717, 1.165) is 23.2 Å². The van der Waals surface area contributed by atoms with Crippen molar-refractivity contribution < 1.29 is 14.4 Å². The van der Waals surface area contributed by atoms with Crippen LogP contribution in [0.1, 0.15) is 32.0 Å². The lowest BCUT2D eigenvalue weighted by Crippen LogP contribution is -2.48. The normalized spacial score (nSPS) is 14.0. The Kier molecular flexibility index (Phi) is 5.49. The van der Waals surface area contributed by atoms with Gasteiger partial charge in [-0.15, -0.1) is 0 Å².